The summed E-state index contributed by atoms with van der Waals surface area (Å²) >= 11 is 3.51. The van der Waals surface area contributed by atoms with Crippen LogP contribution in [0.25, 0.3) is 22.4 Å². The second-order valence-electron chi connectivity index (χ2n) is 6.04. The Balaban J connectivity index is 1.88. The second-order valence-corrected chi connectivity index (χ2v) is 6.95. The van der Waals surface area contributed by atoms with Crippen molar-refractivity contribution in [2.24, 2.45) is 0 Å². The predicted octanol–water partition coefficient (Wildman–Crippen LogP) is 7.19. The van der Waals surface area contributed by atoms with Crippen LogP contribution in [-0.4, -0.2) is 0 Å². The molecule has 4 aromatic carbocycles. The average molecular weight is 385 g/mol. The molecule has 1 heteroatoms. The summed E-state index contributed by atoms with van der Waals surface area (Å²) in [5, 5.41) is 2.53. The van der Waals surface area contributed by atoms with Gasteiger partial charge in [0.15, 0.2) is 0 Å². The van der Waals surface area contributed by atoms with Gasteiger partial charge in [-0.25, -0.2) is 0 Å². The van der Waals surface area contributed by atoms with E-state index in [2.05, 4.69) is 119 Å². The van der Waals surface area contributed by atoms with Gasteiger partial charge in [0.2, 0.25) is 0 Å². The third kappa shape index (κ3) is 3.57. The Kier molecular flexibility index (Phi) is 4.49. The minimum atomic E-state index is 1.09. The maximum atomic E-state index is 3.51. The standard InChI is InChI=1S/C24H17Br/c25-23-14-10-18(11-15-23)16-24(20-7-2-1-3-8-20)22-13-12-19-6-4-5-9-21(19)17-22/h1-17H. The first-order valence-electron chi connectivity index (χ1n) is 8.31. The first-order chi connectivity index (χ1) is 12.3. The average Bonchev–Trinajstić information content (AvgIpc) is 2.68. The summed E-state index contributed by atoms with van der Waals surface area (Å²) in [4.78, 5) is 0. The largest absolute Gasteiger partial charge is 0.0622 e. The lowest BCUT2D eigenvalue weighted by Crippen LogP contribution is -1.89. The minimum Gasteiger partial charge on any atom is -0.0622 e. The molecule has 0 radical (unpaired) electrons. The molecule has 120 valence electrons. The van der Waals surface area contributed by atoms with Crippen LogP contribution in [0.2, 0.25) is 0 Å². The SMILES string of the molecule is Brc1ccc(C=C(c2ccccc2)c2ccc3ccccc3c2)cc1. The van der Waals surface area contributed by atoms with E-state index in [9.17, 15) is 0 Å². The van der Waals surface area contributed by atoms with Gasteiger partial charge in [0.1, 0.15) is 0 Å². The Labute approximate surface area is 156 Å². The summed E-state index contributed by atoms with van der Waals surface area (Å²) in [6.07, 6.45) is 2.26. The molecular weight excluding hydrogens is 368 g/mol. The van der Waals surface area contributed by atoms with Crippen LogP contribution in [0, 0.1) is 0 Å². The molecule has 0 saturated carbocycles. The summed E-state index contributed by atoms with van der Waals surface area (Å²) in [5.41, 5.74) is 4.87. The zero-order chi connectivity index (χ0) is 17.1. The van der Waals surface area contributed by atoms with Crippen LogP contribution in [0.15, 0.2) is 102 Å². The Morgan fingerprint density at radius 3 is 2.04 bits per heavy atom. The topological polar surface area (TPSA) is 0 Å². The van der Waals surface area contributed by atoms with Crippen LogP contribution in [0.3, 0.4) is 0 Å². The van der Waals surface area contributed by atoms with Gasteiger partial charge in [0.25, 0.3) is 0 Å². The molecule has 0 heterocycles. The third-order valence-electron chi connectivity index (χ3n) is 4.33. The molecule has 0 N–H and O–H groups in total. The van der Waals surface area contributed by atoms with Gasteiger partial charge in [-0.2, -0.15) is 0 Å². The number of hydrogen-bond donors (Lipinski definition) is 0. The Morgan fingerprint density at radius 1 is 0.600 bits per heavy atom. The van der Waals surface area contributed by atoms with Gasteiger partial charge in [0, 0.05) is 4.47 Å². The molecule has 4 aromatic rings. The highest BCUT2D eigenvalue weighted by atomic mass is 79.9. The zero-order valence-corrected chi connectivity index (χ0v) is 15.3. The number of halogens is 1. The van der Waals surface area contributed by atoms with Crippen molar-refractivity contribution >= 4 is 38.4 Å². The van der Waals surface area contributed by atoms with Crippen LogP contribution in [0.1, 0.15) is 16.7 Å². The van der Waals surface area contributed by atoms with Crippen molar-refractivity contribution in [3.8, 4) is 0 Å². The van der Waals surface area contributed by atoms with Crippen LogP contribution >= 0.6 is 15.9 Å². The molecule has 0 spiro atoms. The lowest BCUT2D eigenvalue weighted by molar-refractivity contribution is 1.56. The molecule has 0 unspecified atom stereocenters. The van der Waals surface area contributed by atoms with Crippen molar-refractivity contribution in [1.82, 2.24) is 0 Å². The number of rotatable bonds is 3. The molecule has 0 saturated heterocycles. The molecule has 4 rings (SSSR count). The normalized spacial score (nSPS) is 11.6. The van der Waals surface area contributed by atoms with E-state index in [4.69, 9.17) is 0 Å². The van der Waals surface area contributed by atoms with Crippen molar-refractivity contribution < 1.29 is 0 Å². The maximum Gasteiger partial charge on any atom is 0.0175 e. The highest BCUT2D eigenvalue weighted by molar-refractivity contribution is 9.10. The van der Waals surface area contributed by atoms with Gasteiger partial charge in [-0.15, -0.1) is 0 Å². The number of fused-ring (bicyclic) bond motifs is 1. The summed E-state index contributed by atoms with van der Waals surface area (Å²) in [6.45, 7) is 0. The first-order valence-corrected chi connectivity index (χ1v) is 9.11. The fourth-order valence-corrected chi connectivity index (χ4v) is 3.30. The van der Waals surface area contributed by atoms with Crippen molar-refractivity contribution in [2.75, 3.05) is 0 Å². The monoisotopic (exact) mass is 384 g/mol. The summed E-state index contributed by atoms with van der Waals surface area (Å²) in [6, 6.07) is 34.2. The van der Waals surface area contributed by atoms with E-state index < -0.39 is 0 Å². The van der Waals surface area contributed by atoms with Crippen LogP contribution in [0.4, 0.5) is 0 Å². The molecule has 25 heavy (non-hydrogen) atoms. The lowest BCUT2D eigenvalue weighted by atomic mass is 9.94. The zero-order valence-electron chi connectivity index (χ0n) is 13.7. The highest BCUT2D eigenvalue weighted by Gasteiger charge is 2.06. The van der Waals surface area contributed by atoms with Gasteiger partial charge in [0.05, 0.1) is 0 Å². The number of benzene rings is 4. The first kappa shape index (κ1) is 15.9. The Morgan fingerprint density at radius 2 is 1.28 bits per heavy atom. The van der Waals surface area contributed by atoms with Crippen molar-refractivity contribution in [2.45, 2.75) is 0 Å². The molecule has 0 aromatic heterocycles. The fourth-order valence-electron chi connectivity index (χ4n) is 3.03. The maximum absolute atomic E-state index is 3.51. The van der Waals surface area contributed by atoms with E-state index >= 15 is 0 Å². The minimum absolute atomic E-state index is 1.09. The Hall–Kier alpha value is -2.64. The van der Waals surface area contributed by atoms with Gasteiger partial charge in [-0.05, 0) is 57.3 Å². The molecule has 0 aliphatic carbocycles. The molecule has 0 nitrogen and oxygen atoms in total. The van der Waals surface area contributed by atoms with Gasteiger partial charge >= 0.3 is 0 Å². The van der Waals surface area contributed by atoms with E-state index in [0.717, 1.165) is 4.47 Å². The molecule has 0 fully saturated rings. The van der Waals surface area contributed by atoms with Crippen molar-refractivity contribution in [1.29, 1.82) is 0 Å². The molecule has 0 aliphatic heterocycles. The summed E-state index contributed by atoms with van der Waals surface area (Å²) in [5.74, 6) is 0. The van der Waals surface area contributed by atoms with E-state index in [1.807, 2.05) is 0 Å². The van der Waals surface area contributed by atoms with Crippen LogP contribution in [-0.2, 0) is 0 Å². The molecule has 0 aliphatic rings. The predicted molar refractivity (Wildman–Crippen MR) is 112 cm³/mol. The molecule has 0 atom stereocenters. The second kappa shape index (κ2) is 7.08. The fraction of sp³-hybridized carbons (Fsp3) is 0. The van der Waals surface area contributed by atoms with Gasteiger partial charge in [-0.3, -0.25) is 0 Å². The van der Waals surface area contributed by atoms with E-state index in [0.29, 0.717) is 0 Å². The van der Waals surface area contributed by atoms with Gasteiger partial charge in [-0.1, -0.05) is 94.8 Å². The smallest absolute Gasteiger partial charge is 0.0175 e. The molecule has 0 amide bonds. The van der Waals surface area contributed by atoms with Crippen molar-refractivity contribution in [3.05, 3.63) is 118 Å². The van der Waals surface area contributed by atoms with E-state index in [-0.39, 0.29) is 0 Å². The lowest BCUT2D eigenvalue weighted by Gasteiger charge is -2.10. The van der Waals surface area contributed by atoms with E-state index in [1.54, 1.807) is 0 Å². The summed E-state index contributed by atoms with van der Waals surface area (Å²) in [7, 11) is 0. The highest BCUT2D eigenvalue weighted by Crippen LogP contribution is 2.29. The molecule has 0 bridgehead atoms. The molecular formula is C24H17Br. The van der Waals surface area contributed by atoms with Crippen LogP contribution < -0.4 is 0 Å². The Bertz CT molecular complexity index is 1030. The van der Waals surface area contributed by atoms with Crippen LogP contribution in [0.5, 0.6) is 0 Å². The third-order valence-corrected chi connectivity index (χ3v) is 4.85. The van der Waals surface area contributed by atoms with Crippen molar-refractivity contribution in [3.63, 3.8) is 0 Å². The summed E-state index contributed by atoms with van der Waals surface area (Å²) < 4.78 is 1.09. The van der Waals surface area contributed by atoms with Gasteiger partial charge < -0.3 is 0 Å². The number of hydrogen-bond acceptors (Lipinski definition) is 0. The van der Waals surface area contributed by atoms with E-state index in [1.165, 1.54) is 33.0 Å². The quantitative estimate of drug-likeness (QED) is 0.327.